The Kier molecular flexibility index (Phi) is 25.6. The van der Waals surface area contributed by atoms with Crippen LogP contribution in [0.3, 0.4) is 0 Å². The number of hydrogen-bond acceptors (Lipinski definition) is 0. The van der Waals surface area contributed by atoms with Crippen LogP contribution in [0.1, 0.15) is 118 Å². The molecule has 0 heterocycles. The van der Waals surface area contributed by atoms with Crippen LogP contribution in [-0.2, 0) is 98.0 Å². The van der Waals surface area contributed by atoms with Gasteiger partial charge in [0.05, 0.1) is 0 Å². The number of benzene rings is 4. The van der Waals surface area contributed by atoms with Gasteiger partial charge in [-0.2, -0.15) is 91.0 Å². The van der Waals surface area contributed by atoms with Crippen molar-refractivity contribution in [3.63, 3.8) is 0 Å². The van der Waals surface area contributed by atoms with Crippen molar-refractivity contribution in [1.29, 1.82) is 0 Å². The van der Waals surface area contributed by atoms with Gasteiger partial charge in [0, 0.05) is 0 Å². The van der Waals surface area contributed by atoms with E-state index in [0.29, 0.717) is 0 Å². The number of halogens is 2. The summed E-state index contributed by atoms with van der Waals surface area (Å²) in [6, 6.07) is 62.1. The fourth-order valence-corrected chi connectivity index (χ4v) is 17.9. The van der Waals surface area contributed by atoms with Crippen molar-refractivity contribution >= 4 is 31.6 Å². The van der Waals surface area contributed by atoms with E-state index in [-0.39, 0.29) is 24.8 Å². The monoisotopic (exact) mass is 1150 g/mol. The molecular formula is C64H72Cl2Si2Zr2-2. The van der Waals surface area contributed by atoms with E-state index >= 15 is 0 Å². The molecule has 4 aliphatic carbocycles. The van der Waals surface area contributed by atoms with Gasteiger partial charge in [0.2, 0.25) is 0 Å². The first-order chi connectivity index (χ1) is 33.2. The normalized spacial score (nSPS) is 13.6. The Hall–Kier alpha value is -2.94. The van der Waals surface area contributed by atoms with E-state index in [1.54, 1.807) is 91.2 Å². The third-order valence-corrected chi connectivity index (χ3v) is 25.8. The molecular weight excluding hydrogens is 1080 g/mol. The molecule has 70 heavy (non-hydrogen) atoms. The summed E-state index contributed by atoms with van der Waals surface area (Å²) in [5.41, 5.74) is 17.8. The standard InChI is InChI=1S/2C12H10Si.4C10H13.2ClH.2Zr/c2*1-3-7-11(8-4-1)13-12-9-5-2-6-10-12;4*1-8-6-9-4-2-3-5-10(9)7-8;;;;/h2*1-10H;4*6-7H,2-5H2,1H3;2*1H;;/q;;4*-1;;;2*+2/p-2. The Morgan fingerprint density at radius 3 is 0.671 bits per heavy atom. The molecule has 0 atom stereocenters. The Bertz CT molecular complexity index is 2280. The molecule has 0 amide bonds. The van der Waals surface area contributed by atoms with Crippen LogP contribution in [0.25, 0.3) is 0 Å². The second-order valence-corrected chi connectivity index (χ2v) is 30.6. The first-order valence-electron chi connectivity index (χ1n) is 25.6. The van der Waals surface area contributed by atoms with Gasteiger partial charge in [0.25, 0.3) is 0 Å². The van der Waals surface area contributed by atoms with Gasteiger partial charge in [-0.3, -0.25) is 0 Å². The molecule has 8 aromatic carbocycles. The second-order valence-electron chi connectivity index (χ2n) is 19.4. The summed E-state index contributed by atoms with van der Waals surface area (Å²) < 4.78 is 0. The van der Waals surface area contributed by atoms with Crippen molar-refractivity contribution < 1.29 is 71.5 Å². The van der Waals surface area contributed by atoms with Crippen LogP contribution in [0.5, 0.6) is 0 Å². The Morgan fingerprint density at radius 2 is 0.486 bits per heavy atom. The molecule has 0 radical (unpaired) electrons. The average Bonchev–Trinajstić information content (AvgIpc) is 4.18. The van der Waals surface area contributed by atoms with Crippen molar-refractivity contribution in [2.75, 3.05) is 0 Å². The van der Waals surface area contributed by atoms with Gasteiger partial charge in [-0.25, -0.2) is 24.3 Å². The van der Waals surface area contributed by atoms with Crippen LogP contribution in [0.2, 0.25) is 0 Å². The summed E-state index contributed by atoms with van der Waals surface area (Å²) in [6.07, 6.45) is 21.8. The molecule has 0 fully saturated rings. The van der Waals surface area contributed by atoms with Crippen molar-refractivity contribution in [2.45, 2.75) is 130 Å². The van der Waals surface area contributed by atoms with E-state index in [4.69, 9.17) is 0 Å². The van der Waals surface area contributed by atoms with Crippen LogP contribution < -0.4 is 45.6 Å². The number of aryl methyl sites for hydroxylation is 12. The van der Waals surface area contributed by atoms with E-state index in [2.05, 4.69) is 198 Å². The predicted octanol–water partition coefficient (Wildman–Crippen LogP) is 7.06. The fraction of sp³-hybridized carbons (Fsp3) is 0.312. The molecule has 0 unspecified atom stereocenters. The molecule has 6 heteroatoms. The Morgan fingerprint density at radius 1 is 0.300 bits per heavy atom. The SMILES string of the molecule is Cc1cc2c([cH-]1)CCCC2.Cc1cc2c([cH-]1)CCCC2.Cc1cc2c([cH-]1)CCCC2.Cc1cc2c([cH-]1)CCCC2.[Cl-].[Cl-].[Zr+2]=[Si](c1ccccc1)c1ccccc1.[Zr+2]=[Si](c1ccccc1)c1ccccc1. The maximum atomic E-state index is 2.34. The first kappa shape index (κ1) is 58.0. The first-order valence-corrected chi connectivity index (χ1v) is 36.0. The van der Waals surface area contributed by atoms with Crippen LogP contribution in [-0.4, -0.2) is 10.9 Å². The molecule has 0 aromatic heterocycles. The van der Waals surface area contributed by atoms with Gasteiger partial charge >= 0.3 is 200 Å². The zero-order valence-electron chi connectivity index (χ0n) is 42.2. The van der Waals surface area contributed by atoms with E-state index in [1.165, 1.54) is 146 Å². The second kappa shape index (κ2) is 30.9. The third-order valence-electron chi connectivity index (χ3n) is 13.7. The van der Waals surface area contributed by atoms with Crippen LogP contribution >= 0.6 is 0 Å². The zero-order chi connectivity index (χ0) is 47.5. The molecule has 360 valence electrons. The average molecular weight is 1150 g/mol. The minimum absolute atomic E-state index is 0. The fourth-order valence-electron chi connectivity index (χ4n) is 10.2. The van der Waals surface area contributed by atoms with Crippen LogP contribution in [0.4, 0.5) is 0 Å². The summed E-state index contributed by atoms with van der Waals surface area (Å²) >= 11 is 3.29. The zero-order valence-corrected chi connectivity index (χ0v) is 50.7. The van der Waals surface area contributed by atoms with Gasteiger partial charge in [0.1, 0.15) is 0 Å². The molecule has 12 rings (SSSR count). The van der Waals surface area contributed by atoms with Crippen molar-refractivity contribution in [1.82, 2.24) is 0 Å². The quantitative estimate of drug-likeness (QED) is 0.131. The van der Waals surface area contributed by atoms with Crippen LogP contribution in [0.15, 0.2) is 170 Å². The van der Waals surface area contributed by atoms with Crippen molar-refractivity contribution in [2.24, 2.45) is 0 Å². The van der Waals surface area contributed by atoms with E-state index in [1.807, 2.05) is 0 Å². The molecule has 0 bridgehead atoms. The van der Waals surface area contributed by atoms with Gasteiger partial charge in [0.15, 0.2) is 0 Å². The molecule has 0 spiro atoms. The number of fused-ring (bicyclic) bond motifs is 4. The van der Waals surface area contributed by atoms with Crippen molar-refractivity contribution in [3.8, 4) is 0 Å². The summed E-state index contributed by atoms with van der Waals surface area (Å²) in [5.74, 6) is 0. The van der Waals surface area contributed by atoms with Crippen LogP contribution in [0, 0.1) is 27.7 Å². The minimum atomic E-state index is -0.455. The number of rotatable bonds is 4. The molecule has 0 saturated carbocycles. The summed E-state index contributed by atoms with van der Waals surface area (Å²) in [6.45, 7) is 8.77. The Labute approximate surface area is 465 Å². The molecule has 8 aromatic rings. The van der Waals surface area contributed by atoms with Gasteiger partial charge in [-0.15, -0.1) is 0 Å². The van der Waals surface area contributed by atoms with E-state index < -0.39 is 10.9 Å². The molecule has 0 nitrogen and oxygen atoms in total. The van der Waals surface area contributed by atoms with E-state index in [9.17, 15) is 0 Å². The van der Waals surface area contributed by atoms with E-state index in [0.717, 1.165) is 0 Å². The third kappa shape index (κ3) is 18.2. The van der Waals surface area contributed by atoms with Gasteiger partial charge < -0.3 is 24.8 Å². The molecule has 4 aliphatic rings. The predicted molar refractivity (Wildman–Crippen MR) is 289 cm³/mol. The van der Waals surface area contributed by atoms with Gasteiger partial charge in [-0.05, 0) is 0 Å². The topological polar surface area (TPSA) is 0 Å². The molecule has 0 saturated heterocycles. The maximum absolute atomic E-state index is 2.34. The van der Waals surface area contributed by atoms with Crippen molar-refractivity contribution in [3.05, 3.63) is 237 Å². The van der Waals surface area contributed by atoms with Gasteiger partial charge in [-0.1, -0.05) is 130 Å². The Balaban J connectivity index is 0.000000157. The number of hydrogen-bond donors (Lipinski definition) is 0. The summed E-state index contributed by atoms with van der Waals surface area (Å²) in [7, 11) is 0. The molecule has 0 aliphatic heterocycles. The molecule has 0 N–H and O–H groups in total. The summed E-state index contributed by atoms with van der Waals surface area (Å²) in [5, 5.41) is 6.06. The summed E-state index contributed by atoms with van der Waals surface area (Å²) in [4.78, 5) is 0.